The quantitative estimate of drug-likeness (QED) is 0.668. The zero-order valence-corrected chi connectivity index (χ0v) is 13.4. The van der Waals surface area contributed by atoms with Gasteiger partial charge in [0.25, 0.3) is 0 Å². The van der Waals surface area contributed by atoms with Crippen LogP contribution in [-0.2, 0) is 12.3 Å². The fourth-order valence-electron chi connectivity index (χ4n) is 2.77. The highest BCUT2D eigenvalue weighted by molar-refractivity contribution is 7.98. The van der Waals surface area contributed by atoms with Crippen LogP contribution in [-0.4, -0.2) is 19.7 Å². The maximum Gasteiger partial charge on any atom is 0.191 e. The molecule has 0 saturated heterocycles. The van der Waals surface area contributed by atoms with Crippen LogP contribution in [0.15, 0.2) is 41.7 Å². The van der Waals surface area contributed by atoms with E-state index in [1.165, 1.54) is 29.6 Å². The molecule has 2 heterocycles. The molecule has 5 heteroatoms. The third kappa shape index (κ3) is 2.50. The van der Waals surface area contributed by atoms with E-state index < -0.39 is 0 Å². The van der Waals surface area contributed by atoms with Crippen LogP contribution in [0.2, 0.25) is 0 Å². The third-order valence-corrected chi connectivity index (χ3v) is 5.09. The van der Waals surface area contributed by atoms with Gasteiger partial charge in [0, 0.05) is 29.8 Å². The highest BCUT2D eigenvalue weighted by Gasteiger charge is 2.29. The molecule has 0 bridgehead atoms. The van der Waals surface area contributed by atoms with Crippen molar-refractivity contribution in [2.75, 3.05) is 0 Å². The van der Waals surface area contributed by atoms with Gasteiger partial charge in [-0.2, -0.15) is 0 Å². The topological polar surface area (TPSA) is 43.6 Å². The Hall–Kier alpha value is -1.88. The first-order chi connectivity index (χ1) is 10.9. The van der Waals surface area contributed by atoms with Gasteiger partial charge in [0.05, 0.1) is 5.52 Å². The number of benzene rings is 1. The molecule has 1 saturated carbocycles. The number of hydrogen-bond donors (Lipinski definition) is 0. The number of nitrogens with zero attached hydrogens (tertiary/aromatic N) is 4. The monoisotopic (exact) mass is 310 g/mol. The van der Waals surface area contributed by atoms with Gasteiger partial charge in [0.2, 0.25) is 0 Å². The summed E-state index contributed by atoms with van der Waals surface area (Å²) in [4.78, 5) is 4.52. The molecule has 0 atom stereocenters. The van der Waals surface area contributed by atoms with E-state index in [4.69, 9.17) is 0 Å². The van der Waals surface area contributed by atoms with Crippen LogP contribution in [0.25, 0.3) is 10.9 Å². The zero-order valence-electron chi connectivity index (χ0n) is 12.6. The predicted octanol–water partition coefficient (Wildman–Crippen LogP) is 4.02. The number of para-hydroxylation sites is 1. The van der Waals surface area contributed by atoms with Crippen molar-refractivity contribution in [3.8, 4) is 0 Å². The molecule has 112 valence electrons. The molecule has 0 amide bonds. The van der Waals surface area contributed by atoms with E-state index in [1.807, 2.05) is 12.3 Å². The Bertz CT molecular complexity index is 802. The van der Waals surface area contributed by atoms with Gasteiger partial charge in [-0.15, -0.1) is 10.2 Å². The maximum atomic E-state index is 4.52. The molecule has 1 aromatic carbocycles. The van der Waals surface area contributed by atoms with Crippen LogP contribution in [0.3, 0.4) is 0 Å². The molecule has 0 unspecified atom stereocenters. The summed E-state index contributed by atoms with van der Waals surface area (Å²) in [5, 5.41) is 11.0. The summed E-state index contributed by atoms with van der Waals surface area (Å²) >= 11 is 1.75. The molecule has 3 aromatic rings. The van der Waals surface area contributed by atoms with Gasteiger partial charge >= 0.3 is 0 Å². The molecule has 22 heavy (non-hydrogen) atoms. The molecule has 0 spiro atoms. The van der Waals surface area contributed by atoms with E-state index in [1.54, 1.807) is 11.8 Å². The van der Waals surface area contributed by atoms with Crippen molar-refractivity contribution in [3.05, 3.63) is 47.9 Å². The Morgan fingerprint density at radius 3 is 2.86 bits per heavy atom. The predicted molar refractivity (Wildman–Crippen MR) is 89.0 cm³/mol. The fraction of sp³-hybridized carbons (Fsp3) is 0.353. The van der Waals surface area contributed by atoms with E-state index >= 15 is 0 Å². The Kier molecular flexibility index (Phi) is 3.58. The van der Waals surface area contributed by atoms with Gasteiger partial charge in [-0.3, -0.25) is 4.98 Å². The molecule has 2 aromatic heterocycles. The van der Waals surface area contributed by atoms with Crippen LogP contribution < -0.4 is 0 Å². The van der Waals surface area contributed by atoms with Gasteiger partial charge in [0.15, 0.2) is 5.16 Å². The minimum Gasteiger partial charge on any atom is -0.306 e. The van der Waals surface area contributed by atoms with E-state index in [-0.39, 0.29) is 0 Å². The number of pyridine rings is 1. The Morgan fingerprint density at radius 1 is 1.18 bits per heavy atom. The molecule has 0 radical (unpaired) electrons. The smallest absolute Gasteiger partial charge is 0.191 e. The normalized spacial score (nSPS) is 14.6. The van der Waals surface area contributed by atoms with E-state index in [0.717, 1.165) is 23.0 Å². The van der Waals surface area contributed by atoms with Gasteiger partial charge < -0.3 is 4.57 Å². The molecular weight excluding hydrogens is 292 g/mol. The lowest BCUT2D eigenvalue weighted by Crippen LogP contribution is -2.02. The van der Waals surface area contributed by atoms with Crippen molar-refractivity contribution in [1.29, 1.82) is 0 Å². The van der Waals surface area contributed by atoms with Gasteiger partial charge in [-0.05, 0) is 31.4 Å². The average molecular weight is 310 g/mol. The van der Waals surface area contributed by atoms with Crippen LogP contribution in [0.1, 0.15) is 37.1 Å². The minimum absolute atomic E-state index is 0.640. The van der Waals surface area contributed by atoms with E-state index in [2.05, 4.69) is 50.9 Å². The van der Waals surface area contributed by atoms with Crippen molar-refractivity contribution < 1.29 is 0 Å². The highest BCUT2D eigenvalue weighted by atomic mass is 32.2. The third-order valence-electron chi connectivity index (χ3n) is 4.08. The summed E-state index contributed by atoms with van der Waals surface area (Å²) in [5.74, 6) is 2.68. The zero-order chi connectivity index (χ0) is 14.9. The highest BCUT2D eigenvalue weighted by Crippen LogP contribution is 2.40. The number of hydrogen-bond acceptors (Lipinski definition) is 4. The van der Waals surface area contributed by atoms with Gasteiger partial charge in [0.1, 0.15) is 5.82 Å². The van der Waals surface area contributed by atoms with Crippen LogP contribution in [0.4, 0.5) is 0 Å². The SMILES string of the molecule is CCn1c(SCc2cccc3cccnc23)nnc1C1CC1. The van der Waals surface area contributed by atoms with Gasteiger partial charge in [-0.1, -0.05) is 36.0 Å². The minimum atomic E-state index is 0.640. The second-order valence-corrected chi connectivity index (χ2v) is 6.58. The Labute approximate surface area is 134 Å². The second kappa shape index (κ2) is 5.72. The van der Waals surface area contributed by atoms with E-state index in [0.29, 0.717) is 5.92 Å². The average Bonchev–Trinajstić information content (AvgIpc) is 3.33. The Balaban J connectivity index is 1.59. The lowest BCUT2D eigenvalue weighted by atomic mass is 10.1. The van der Waals surface area contributed by atoms with Crippen LogP contribution in [0.5, 0.6) is 0 Å². The fourth-order valence-corrected chi connectivity index (χ4v) is 3.77. The molecule has 0 aliphatic heterocycles. The number of rotatable bonds is 5. The molecule has 4 rings (SSSR count). The van der Waals surface area contributed by atoms with Crippen molar-refractivity contribution in [3.63, 3.8) is 0 Å². The summed E-state index contributed by atoms with van der Waals surface area (Å²) in [5.41, 5.74) is 2.34. The maximum absolute atomic E-state index is 4.52. The molecule has 1 fully saturated rings. The summed E-state index contributed by atoms with van der Waals surface area (Å²) < 4.78 is 2.26. The summed E-state index contributed by atoms with van der Waals surface area (Å²) in [6.45, 7) is 3.10. The van der Waals surface area contributed by atoms with Crippen LogP contribution in [0, 0.1) is 0 Å². The first kappa shape index (κ1) is 13.8. The van der Waals surface area contributed by atoms with Crippen molar-refractivity contribution >= 4 is 22.7 Å². The van der Waals surface area contributed by atoms with Crippen molar-refractivity contribution in [1.82, 2.24) is 19.7 Å². The first-order valence-electron chi connectivity index (χ1n) is 7.75. The summed E-state index contributed by atoms with van der Waals surface area (Å²) in [7, 11) is 0. The molecule has 0 N–H and O–H groups in total. The van der Waals surface area contributed by atoms with Crippen molar-refractivity contribution in [2.45, 2.75) is 43.1 Å². The summed E-state index contributed by atoms with van der Waals surface area (Å²) in [6, 6.07) is 10.4. The molecule has 1 aliphatic carbocycles. The number of thioether (sulfide) groups is 1. The van der Waals surface area contributed by atoms with Crippen LogP contribution >= 0.6 is 11.8 Å². The lowest BCUT2D eigenvalue weighted by molar-refractivity contribution is 0.643. The van der Waals surface area contributed by atoms with Gasteiger partial charge in [-0.25, -0.2) is 0 Å². The standard InChI is InChI=1S/C17H18N4S/c1-2-21-16(13-8-9-13)19-20-17(21)22-11-14-6-3-5-12-7-4-10-18-15(12)14/h3-7,10,13H,2,8-9,11H2,1H3. The molecule has 4 nitrogen and oxygen atoms in total. The number of aromatic nitrogens is 4. The van der Waals surface area contributed by atoms with E-state index in [9.17, 15) is 0 Å². The lowest BCUT2D eigenvalue weighted by Gasteiger charge is -2.07. The number of fused-ring (bicyclic) bond motifs is 1. The van der Waals surface area contributed by atoms with Crippen molar-refractivity contribution in [2.24, 2.45) is 0 Å². The molecule has 1 aliphatic rings. The summed E-state index contributed by atoms with van der Waals surface area (Å²) in [6.07, 6.45) is 4.38. The second-order valence-electron chi connectivity index (χ2n) is 5.64. The molecular formula is C17H18N4S. The Morgan fingerprint density at radius 2 is 2.05 bits per heavy atom. The largest absolute Gasteiger partial charge is 0.306 e. The first-order valence-corrected chi connectivity index (χ1v) is 8.74.